The molecular formula is C23H50N2O. The van der Waals surface area contributed by atoms with E-state index in [0.29, 0.717) is 0 Å². The first-order valence-electron chi connectivity index (χ1n) is 11.6. The maximum atomic E-state index is 11.4. The molecule has 0 aliphatic heterocycles. The summed E-state index contributed by atoms with van der Waals surface area (Å²) in [5.41, 5.74) is 0. The van der Waals surface area contributed by atoms with E-state index < -0.39 is 0 Å². The molecule has 1 amide bonds. The van der Waals surface area contributed by atoms with Crippen molar-refractivity contribution < 1.29 is 4.79 Å². The average molecular weight is 371 g/mol. The van der Waals surface area contributed by atoms with E-state index >= 15 is 0 Å². The summed E-state index contributed by atoms with van der Waals surface area (Å²) in [5, 5.41) is 5.69. The Labute approximate surface area is 165 Å². The van der Waals surface area contributed by atoms with Crippen molar-refractivity contribution in [3.63, 3.8) is 0 Å². The van der Waals surface area contributed by atoms with Gasteiger partial charge >= 0.3 is 0 Å². The van der Waals surface area contributed by atoms with Gasteiger partial charge in [0.15, 0.2) is 0 Å². The number of amides is 1. The third-order valence-electron chi connectivity index (χ3n) is 4.58. The van der Waals surface area contributed by atoms with Gasteiger partial charge in [-0.1, -0.05) is 104 Å². The molecule has 0 bridgehead atoms. The van der Waals surface area contributed by atoms with Crippen LogP contribution in [0.5, 0.6) is 0 Å². The van der Waals surface area contributed by atoms with E-state index in [0.717, 1.165) is 25.8 Å². The first-order chi connectivity index (χ1) is 12.7. The third-order valence-corrected chi connectivity index (χ3v) is 4.58. The Morgan fingerprint density at radius 1 is 0.577 bits per heavy atom. The Hall–Kier alpha value is -0.570. The molecule has 0 aliphatic carbocycles. The summed E-state index contributed by atoms with van der Waals surface area (Å²) in [6, 6.07) is 0. The van der Waals surface area contributed by atoms with Crippen molar-refractivity contribution in [2.24, 2.45) is 0 Å². The minimum Gasteiger partial charge on any atom is -0.356 e. The highest BCUT2D eigenvalue weighted by atomic mass is 16.1. The van der Waals surface area contributed by atoms with Gasteiger partial charge in [-0.25, -0.2) is 0 Å². The molecule has 0 aromatic rings. The van der Waals surface area contributed by atoms with Gasteiger partial charge in [-0.3, -0.25) is 4.79 Å². The van der Waals surface area contributed by atoms with Crippen LogP contribution in [0, 0.1) is 0 Å². The molecule has 0 aromatic carbocycles. The lowest BCUT2D eigenvalue weighted by Crippen LogP contribution is -2.23. The van der Waals surface area contributed by atoms with Gasteiger partial charge in [0, 0.05) is 13.0 Å². The van der Waals surface area contributed by atoms with E-state index in [4.69, 9.17) is 0 Å². The maximum Gasteiger partial charge on any atom is 0.219 e. The zero-order valence-corrected chi connectivity index (χ0v) is 18.6. The predicted molar refractivity (Wildman–Crippen MR) is 118 cm³/mol. The summed E-state index contributed by atoms with van der Waals surface area (Å²) in [5.74, 6) is 0.238. The molecule has 0 saturated heterocycles. The highest BCUT2D eigenvalue weighted by Gasteiger charge is 1.99. The number of nitrogens with one attached hydrogen (secondary N) is 2. The van der Waals surface area contributed by atoms with Crippen LogP contribution in [0.4, 0.5) is 0 Å². The largest absolute Gasteiger partial charge is 0.356 e. The quantitative estimate of drug-likeness (QED) is 0.266. The second-order valence-electron chi connectivity index (χ2n) is 7.55. The molecule has 3 heteroatoms. The third kappa shape index (κ3) is 28.2. The predicted octanol–water partition coefficient (Wildman–Crippen LogP) is 6.61. The van der Waals surface area contributed by atoms with E-state index in [2.05, 4.69) is 24.5 Å². The van der Waals surface area contributed by atoms with Crippen molar-refractivity contribution in [2.45, 2.75) is 123 Å². The molecule has 0 aromatic heterocycles. The number of unbranched alkanes of at least 4 members (excludes halogenated alkanes) is 14. The lowest BCUT2D eigenvalue weighted by atomic mass is 10.0. The van der Waals surface area contributed by atoms with Crippen molar-refractivity contribution in [3.05, 3.63) is 0 Å². The lowest BCUT2D eigenvalue weighted by molar-refractivity contribution is -0.121. The smallest absolute Gasteiger partial charge is 0.219 e. The SMILES string of the molecule is CCCCCCCCCCCCCCCCCC(=O)NCCC.CNC. The van der Waals surface area contributed by atoms with Crippen molar-refractivity contribution >= 4 is 5.91 Å². The lowest BCUT2D eigenvalue weighted by Gasteiger charge is -2.04. The molecule has 158 valence electrons. The number of carbonyl (C=O) groups excluding carboxylic acids is 1. The maximum absolute atomic E-state index is 11.4. The first-order valence-corrected chi connectivity index (χ1v) is 11.6. The Kier molecular flexibility index (Phi) is 28.3. The summed E-state index contributed by atoms with van der Waals surface area (Å²) in [4.78, 5) is 11.4. The van der Waals surface area contributed by atoms with Gasteiger partial charge in [-0.05, 0) is 26.9 Å². The summed E-state index contributed by atoms with van der Waals surface area (Å²) < 4.78 is 0. The Morgan fingerprint density at radius 3 is 1.27 bits per heavy atom. The normalized spacial score (nSPS) is 10.3. The van der Waals surface area contributed by atoms with Crippen LogP contribution in [0.2, 0.25) is 0 Å². The number of rotatable bonds is 18. The van der Waals surface area contributed by atoms with Gasteiger partial charge < -0.3 is 10.6 Å². The standard InChI is InChI=1S/C21H43NO.C2H7N/c1-3-5-6-7-8-9-10-11-12-13-14-15-16-17-18-19-21(23)22-20-4-2;1-3-2/h3-20H2,1-2H3,(H,22,23);3H,1-2H3. The van der Waals surface area contributed by atoms with Crippen LogP contribution in [0.1, 0.15) is 123 Å². The highest BCUT2D eigenvalue weighted by Crippen LogP contribution is 2.13. The van der Waals surface area contributed by atoms with Crippen LogP contribution in [0.3, 0.4) is 0 Å². The first kappa shape index (κ1) is 27.6. The number of hydrogen-bond donors (Lipinski definition) is 2. The van der Waals surface area contributed by atoms with E-state index in [1.807, 2.05) is 14.1 Å². The van der Waals surface area contributed by atoms with Crippen molar-refractivity contribution in [1.82, 2.24) is 10.6 Å². The molecule has 0 aliphatic rings. The van der Waals surface area contributed by atoms with Crippen molar-refractivity contribution in [2.75, 3.05) is 20.6 Å². The number of carbonyl (C=O) groups is 1. The summed E-state index contributed by atoms with van der Waals surface area (Å²) >= 11 is 0. The summed E-state index contributed by atoms with van der Waals surface area (Å²) in [6.45, 7) is 5.20. The topological polar surface area (TPSA) is 41.1 Å². The molecule has 0 atom stereocenters. The van der Waals surface area contributed by atoms with E-state index in [1.165, 1.54) is 89.9 Å². The Morgan fingerprint density at radius 2 is 0.923 bits per heavy atom. The molecule has 0 radical (unpaired) electrons. The molecule has 0 saturated carbocycles. The second kappa shape index (κ2) is 26.7. The highest BCUT2D eigenvalue weighted by molar-refractivity contribution is 5.75. The Bertz CT molecular complexity index is 257. The van der Waals surface area contributed by atoms with E-state index in [-0.39, 0.29) is 5.91 Å². The Balaban J connectivity index is 0. The van der Waals surface area contributed by atoms with Crippen molar-refractivity contribution in [1.29, 1.82) is 0 Å². The van der Waals surface area contributed by atoms with Crippen LogP contribution in [0.15, 0.2) is 0 Å². The second-order valence-corrected chi connectivity index (χ2v) is 7.55. The van der Waals surface area contributed by atoms with Gasteiger partial charge in [0.1, 0.15) is 0 Å². The van der Waals surface area contributed by atoms with Gasteiger partial charge in [0.2, 0.25) is 5.91 Å². The zero-order chi connectivity index (χ0) is 19.7. The summed E-state index contributed by atoms with van der Waals surface area (Å²) in [7, 11) is 3.75. The van der Waals surface area contributed by atoms with Gasteiger partial charge in [-0.15, -0.1) is 0 Å². The monoisotopic (exact) mass is 370 g/mol. The van der Waals surface area contributed by atoms with Crippen LogP contribution < -0.4 is 10.6 Å². The molecule has 0 heterocycles. The number of hydrogen-bond acceptors (Lipinski definition) is 2. The van der Waals surface area contributed by atoms with Crippen LogP contribution >= 0.6 is 0 Å². The molecule has 26 heavy (non-hydrogen) atoms. The molecule has 0 spiro atoms. The van der Waals surface area contributed by atoms with Crippen LogP contribution in [-0.2, 0) is 4.79 Å². The molecule has 0 fully saturated rings. The minimum absolute atomic E-state index is 0.238. The van der Waals surface area contributed by atoms with Gasteiger partial charge in [0.25, 0.3) is 0 Å². The molecule has 2 N–H and O–H groups in total. The molecular weight excluding hydrogens is 320 g/mol. The fourth-order valence-corrected chi connectivity index (χ4v) is 3.01. The van der Waals surface area contributed by atoms with E-state index in [9.17, 15) is 4.79 Å². The fourth-order valence-electron chi connectivity index (χ4n) is 3.01. The molecule has 0 unspecified atom stereocenters. The van der Waals surface area contributed by atoms with Crippen LogP contribution in [-0.4, -0.2) is 26.5 Å². The van der Waals surface area contributed by atoms with E-state index in [1.54, 1.807) is 0 Å². The zero-order valence-electron chi connectivity index (χ0n) is 18.6. The van der Waals surface area contributed by atoms with Crippen molar-refractivity contribution in [3.8, 4) is 0 Å². The molecule has 3 nitrogen and oxygen atoms in total. The van der Waals surface area contributed by atoms with Gasteiger partial charge in [-0.2, -0.15) is 0 Å². The van der Waals surface area contributed by atoms with Crippen LogP contribution in [0.25, 0.3) is 0 Å². The van der Waals surface area contributed by atoms with Gasteiger partial charge in [0.05, 0.1) is 0 Å². The average Bonchev–Trinajstić information content (AvgIpc) is 2.64. The fraction of sp³-hybridized carbons (Fsp3) is 0.957. The minimum atomic E-state index is 0.238. The summed E-state index contributed by atoms with van der Waals surface area (Å²) in [6.07, 6.45) is 22.4. The molecule has 0 rings (SSSR count).